The van der Waals surface area contributed by atoms with Crippen LogP contribution in [-0.4, -0.2) is 40.5 Å². The second-order valence-corrected chi connectivity index (χ2v) is 7.33. The largest absolute Gasteiger partial charge is 0.416 e. The van der Waals surface area contributed by atoms with Crippen molar-refractivity contribution in [3.05, 3.63) is 54.0 Å². The molecule has 3 heterocycles. The summed E-state index contributed by atoms with van der Waals surface area (Å²) in [7, 11) is 0. The minimum Gasteiger partial charge on any atom is -0.368 e. The number of nitrogens with zero attached hydrogens (tertiary/aromatic N) is 5. The van der Waals surface area contributed by atoms with Crippen LogP contribution < -0.4 is 9.80 Å². The zero-order valence-electron chi connectivity index (χ0n) is 15.1. The molecule has 0 radical (unpaired) electrons. The van der Waals surface area contributed by atoms with Gasteiger partial charge < -0.3 is 9.80 Å². The molecule has 1 aliphatic heterocycles. The second-order valence-electron chi connectivity index (χ2n) is 6.57. The lowest BCUT2D eigenvalue weighted by Crippen LogP contribution is -2.46. The van der Waals surface area contributed by atoms with Gasteiger partial charge in [0, 0.05) is 43.6 Å². The van der Waals surface area contributed by atoms with Gasteiger partial charge in [-0.25, -0.2) is 9.97 Å². The summed E-state index contributed by atoms with van der Waals surface area (Å²) >= 11 is 1.34. The molecule has 4 rings (SSSR count). The summed E-state index contributed by atoms with van der Waals surface area (Å²) in [6, 6.07) is 9.42. The number of aromatic nitrogens is 3. The average molecular weight is 405 g/mol. The van der Waals surface area contributed by atoms with Gasteiger partial charge in [0.25, 0.3) is 0 Å². The van der Waals surface area contributed by atoms with E-state index in [1.54, 1.807) is 12.3 Å². The Kier molecular flexibility index (Phi) is 4.92. The molecule has 0 bridgehead atoms. The summed E-state index contributed by atoms with van der Waals surface area (Å²) in [4.78, 5) is 13.0. The third kappa shape index (κ3) is 3.94. The number of benzene rings is 1. The number of halogens is 3. The summed E-state index contributed by atoms with van der Waals surface area (Å²) < 4.78 is 43.0. The number of alkyl halides is 3. The monoisotopic (exact) mass is 405 g/mol. The van der Waals surface area contributed by atoms with Crippen LogP contribution in [0.4, 0.5) is 24.7 Å². The van der Waals surface area contributed by atoms with Gasteiger partial charge in [-0.15, -0.1) is 0 Å². The molecule has 1 aromatic carbocycles. The fourth-order valence-electron chi connectivity index (χ4n) is 3.19. The number of rotatable bonds is 3. The van der Waals surface area contributed by atoms with Crippen LogP contribution in [0.25, 0.3) is 10.6 Å². The smallest absolute Gasteiger partial charge is 0.368 e. The van der Waals surface area contributed by atoms with E-state index in [4.69, 9.17) is 0 Å². The van der Waals surface area contributed by atoms with Crippen LogP contribution in [0.5, 0.6) is 0 Å². The maximum Gasteiger partial charge on any atom is 0.416 e. The molecule has 1 aliphatic rings. The molecule has 0 amide bonds. The highest BCUT2D eigenvalue weighted by atomic mass is 32.1. The SMILES string of the molecule is Cc1nsc(-c2ccc(N3CCN(c4cccc(C(F)(F)F)c4)CC3)nc2)n1. The molecule has 1 saturated heterocycles. The quantitative estimate of drug-likeness (QED) is 0.652. The zero-order valence-corrected chi connectivity index (χ0v) is 16.0. The highest BCUT2D eigenvalue weighted by Crippen LogP contribution is 2.32. The van der Waals surface area contributed by atoms with Crippen LogP contribution in [0.3, 0.4) is 0 Å². The lowest BCUT2D eigenvalue weighted by atomic mass is 10.1. The van der Waals surface area contributed by atoms with Gasteiger partial charge in [-0.2, -0.15) is 17.5 Å². The van der Waals surface area contributed by atoms with Gasteiger partial charge in [0.05, 0.1) is 5.56 Å². The predicted molar refractivity (Wildman–Crippen MR) is 104 cm³/mol. The van der Waals surface area contributed by atoms with Crippen LogP contribution >= 0.6 is 11.5 Å². The Morgan fingerprint density at radius 2 is 1.75 bits per heavy atom. The molecule has 0 saturated carbocycles. The maximum absolute atomic E-state index is 12.9. The molecule has 0 aliphatic carbocycles. The molecular formula is C19H18F3N5S. The van der Waals surface area contributed by atoms with Crippen LogP contribution in [0.2, 0.25) is 0 Å². The molecular weight excluding hydrogens is 387 g/mol. The minimum absolute atomic E-state index is 0.601. The molecule has 28 heavy (non-hydrogen) atoms. The molecule has 1 fully saturated rings. The topological polar surface area (TPSA) is 45.2 Å². The molecule has 9 heteroatoms. The predicted octanol–water partition coefficient (Wildman–Crippen LogP) is 4.25. The van der Waals surface area contributed by atoms with Gasteiger partial charge in [0.15, 0.2) is 0 Å². The number of pyridine rings is 1. The van der Waals surface area contributed by atoms with Crippen molar-refractivity contribution < 1.29 is 13.2 Å². The first-order valence-electron chi connectivity index (χ1n) is 8.84. The van der Waals surface area contributed by atoms with Crippen LogP contribution in [0.1, 0.15) is 11.4 Å². The van der Waals surface area contributed by atoms with Gasteiger partial charge >= 0.3 is 6.18 Å². The van der Waals surface area contributed by atoms with E-state index in [9.17, 15) is 13.2 Å². The van der Waals surface area contributed by atoms with E-state index in [2.05, 4.69) is 19.2 Å². The van der Waals surface area contributed by atoms with E-state index in [0.717, 1.165) is 28.3 Å². The fourth-order valence-corrected chi connectivity index (χ4v) is 3.85. The van der Waals surface area contributed by atoms with E-state index in [0.29, 0.717) is 31.9 Å². The van der Waals surface area contributed by atoms with E-state index >= 15 is 0 Å². The Labute approximate surface area is 164 Å². The van der Waals surface area contributed by atoms with E-state index in [1.165, 1.54) is 23.7 Å². The summed E-state index contributed by atoms with van der Waals surface area (Å²) in [5.41, 5.74) is 0.915. The molecule has 0 N–H and O–H groups in total. The standard InChI is InChI=1S/C19H18F3N5S/c1-13-24-18(28-25-13)14-5-6-17(23-12-14)27-9-7-26(8-10-27)16-4-2-3-15(11-16)19(20,21)22/h2-6,11-12H,7-10H2,1H3. The van der Waals surface area contributed by atoms with Crippen molar-refractivity contribution in [3.8, 4) is 10.6 Å². The van der Waals surface area contributed by atoms with Gasteiger partial charge in [0.1, 0.15) is 16.6 Å². The lowest BCUT2D eigenvalue weighted by Gasteiger charge is -2.37. The molecule has 2 aromatic heterocycles. The molecule has 5 nitrogen and oxygen atoms in total. The van der Waals surface area contributed by atoms with Crippen molar-refractivity contribution in [2.75, 3.05) is 36.0 Å². The Morgan fingerprint density at radius 3 is 2.36 bits per heavy atom. The zero-order chi connectivity index (χ0) is 19.7. The van der Waals surface area contributed by atoms with Crippen molar-refractivity contribution in [2.45, 2.75) is 13.1 Å². The van der Waals surface area contributed by atoms with Gasteiger partial charge in [-0.3, -0.25) is 0 Å². The Balaban J connectivity index is 1.42. The van der Waals surface area contributed by atoms with Gasteiger partial charge in [-0.1, -0.05) is 6.07 Å². The Bertz CT molecular complexity index is 947. The first kappa shape index (κ1) is 18.7. The van der Waals surface area contributed by atoms with Crippen molar-refractivity contribution in [1.82, 2.24) is 14.3 Å². The number of hydrogen-bond acceptors (Lipinski definition) is 6. The minimum atomic E-state index is -4.32. The highest BCUT2D eigenvalue weighted by Gasteiger charge is 2.31. The van der Waals surface area contributed by atoms with Gasteiger partial charge in [0.2, 0.25) is 0 Å². The van der Waals surface area contributed by atoms with Crippen molar-refractivity contribution in [3.63, 3.8) is 0 Å². The van der Waals surface area contributed by atoms with Crippen molar-refractivity contribution >= 4 is 23.0 Å². The Hall–Kier alpha value is -2.68. The molecule has 0 spiro atoms. The first-order valence-corrected chi connectivity index (χ1v) is 9.61. The third-order valence-electron chi connectivity index (χ3n) is 4.66. The second kappa shape index (κ2) is 7.38. The molecule has 146 valence electrons. The first-order chi connectivity index (χ1) is 13.4. The van der Waals surface area contributed by atoms with E-state index < -0.39 is 11.7 Å². The van der Waals surface area contributed by atoms with Crippen LogP contribution in [0.15, 0.2) is 42.6 Å². The average Bonchev–Trinajstić information content (AvgIpc) is 3.14. The van der Waals surface area contributed by atoms with Crippen LogP contribution in [-0.2, 0) is 6.18 Å². The van der Waals surface area contributed by atoms with E-state index in [-0.39, 0.29) is 0 Å². The van der Waals surface area contributed by atoms with Crippen LogP contribution in [0, 0.1) is 6.92 Å². The highest BCUT2D eigenvalue weighted by molar-refractivity contribution is 7.09. The summed E-state index contributed by atoms with van der Waals surface area (Å²) in [5.74, 6) is 1.60. The number of piperazine rings is 1. The fraction of sp³-hybridized carbons (Fsp3) is 0.316. The summed E-state index contributed by atoms with van der Waals surface area (Å²) in [6.45, 7) is 4.52. The lowest BCUT2D eigenvalue weighted by molar-refractivity contribution is -0.137. The summed E-state index contributed by atoms with van der Waals surface area (Å²) in [5, 5.41) is 0.839. The van der Waals surface area contributed by atoms with E-state index in [1.807, 2.05) is 24.0 Å². The third-order valence-corrected chi connectivity index (χ3v) is 5.52. The Morgan fingerprint density at radius 1 is 1.00 bits per heavy atom. The number of anilines is 2. The molecule has 0 unspecified atom stereocenters. The maximum atomic E-state index is 12.9. The summed E-state index contributed by atoms with van der Waals surface area (Å²) in [6.07, 6.45) is -2.54. The number of aryl methyl sites for hydroxylation is 1. The molecule has 0 atom stereocenters. The van der Waals surface area contributed by atoms with Crippen molar-refractivity contribution in [1.29, 1.82) is 0 Å². The molecule has 3 aromatic rings. The normalized spacial score (nSPS) is 15.1. The number of hydrogen-bond donors (Lipinski definition) is 0. The van der Waals surface area contributed by atoms with Crippen molar-refractivity contribution in [2.24, 2.45) is 0 Å². The van der Waals surface area contributed by atoms with Gasteiger partial charge in [-0.05, 0) is 48.8 Å².